The summed E-state index contributed by atoms with van der Waals surface area (Å²) in [5, 5.41) is 0. The molecule has 98 valence electrons. The van der Waals surface area contributed by atoms with Gasteiger partial charge in [-0.1, -0.05) is 0 Å². The van der Waals surface area contributed by atoms with E-state index in [-0.39, 0.29) is 22.2 Å². The van der Waals surface area contributed by atoms with Crippen LogP contribution in [0.5, 0.6) is 0 Å². The minimum atomic E-state index is -0.723. The average molecular weight is 272 g/mol. The molecule has 1 saturated carbocycles. The minimum absolute atomic E-state index is 0.0325. The molecule has 1 aromatic rings. The average Bonchev–Trinajstić information content (AvgIpc) is 3.09. The molecule has 0 radical (unpaired) electrons. The van der Waals surface area contributed by atoms with Crippen LogP contribution < -0.4 is 5.73 Å². The zero-order valence-electron chi connectivity index (χ0n) is 9.95. The molecule has 6 heteroatoms. The number of amides is 1. The summed E-state index contributed by atoms with van der Waals surface area (Å²) < 4.78 is 26.9. The lowest BCUT2D eigenvalue weighted by Crippen LogP contribution is -2.30. The topological polar surface area (TPSA) is 46.3 Å². The summed E-state index contributed by atoms with van der Waals surface area (Å²) >= 11 is 0.867. The van der Waals surface area contributed by atoms with Crippen molar-refractivity contribution in [3.05, 3.63) is 23.8 Å². The van der Waals surface area contributed by atoms with Crippen molar-refractivity contribution in [1.29, 1.82) is 0 Å². The van der Waals surface area contributed by atoms with Crippen LogP contribution in [-0.4, -0.2) is 29.6 Å². The largest absolute Gasteiger partial charge is 0.399 e. The van der Waals surface area contributed by atoms with E-state index in [0.29, 0.717) is 6.04 Å². The third-order valence-electron chi connectivity index (χ3n) is 2.85. The van der Waals surface area contributed by atoms with Gasteiger partial charge in [-0.2, -0.15) is 0 Å². The van der Waals surface area contributed by atoms with Crippen molar-refractivity contribution in [1.82, 2.24) is 4.90 Å². The van der Waals surface area contributed by atoms with Crippen molar-refractivity contribution in [2.75, 3.05) is 18.5 Å². The number of nitrogens with zero attached hydrogens (tertiary/aromatic N) is 1. The first-order chi connectivity index (χ1) is 8.49. The maximum Gasteiger partial charge on any atom is 0.232 e. The Balaban J connectivity index is 1.99. The van der Waals surface area contributed by atoms with Crippen LogP contribution in [-0.2, 0) is 4.79 Å². The lowest BCUT2D eigenvalue weighted by molar-refractivity contribution is -0.127. The van der Waals surface area contributed by atoms with Gasteiger partial charge in [-0.15, -0.1) is 11.8 Å². The van der Waals surface area contributed by atoms with Gasteiger partial charge in [0.25, 0.3) is 0 Å². The molecule has 1 amide bonds. The first-order valence-electron chi connectivity index (χ1n) is 5.62. The number of halogens is 2. The van der Waals surface area contributed by atoms with E-state index in [4.69, 9.17) is 5.73 Å². The molecule has 0 bridgehead atoms. The SMILES string of the molecule is CN(C(=O)CSc1c(F)cc(N)cc1F)C1CC1. The minimum Gasteiger partial charge on any atom is -0.399 e. The summed E-state index contributed by atoms with van der Waals surface area (Å²) in [6, 6.07) is 2.42. The number of rotatable bonds is 4. The molecule has 1 fully saturated rings. The predicted octanol–water partition coefficient (Wildman–Crippen LogP) is 2.26. The molecule has 2 N–H and O–H groups in total. The summed E-state index contributed by atoms with van der Waals surface area (Å²) in [5.41, 5.74) is 5.35. The zero-order valence-corrected chi connectivity index (χ0v) is 10.8. The molecule has 0 saturated heterocycles. The Morgan fingerprint density at radius 2 is 2.00 bits per heavy atom. The summed E-state index contributed by atoms with van der Waals surface area (Å²) in [4.78, 5) is 13.2. The van der Waals surface area contributed by atoms with Crippen molar-refractivity contribution >= 4 is 23.4 Å². The second-order valence-corrected chi connectivity index (χ2v) is 5.32. The van der Waals surface area contributed by atoms with Crippen molar-refractivity contribution in [3.63, 3.8) is 0 Å². The van der Waals surface area contributed by atoms with E-state index >= 15 is 0 Å². The quantitative estimate of drug-likeness (QED) is 0.675. The Labute approximate surface area is 108 Å². The Kier molecular flexibility index (Phi) is 3.75. The Morgan fingerprint density at radius 1 is 1.44 bits per heavy atom. The van der Waals surface area contributed by atoms with Gasteiger partial charge in [0.2, 0.25) is 5.91 Å². The highest BCUT2D eigenvalue weighted by Crippen LogP contribution is 2.29. The maximum absolute atomic E-state index is 13.5. The van der Waals surface area contributed by atoms with Gasteiger partial charge in [0.05, 0.1) is 10.6 Å². The highest BCUT2D eigenvalue weighted by Gasteiger charge is 2.29. The Morgan fingerprint density at radius 3 is 2.50 bits per heavy atom. The van der Waals surface area contributed by atoms with E-state index < -0.39 is 11.6 Å². The molecular formula is C12H14F2N2OS. The number of anilines is 1. The monoisotopic (exact) mass is 272 g/mol. The fraction of sp³-hybridized carbons (Fsp3) is 0.417. The van der Waals surface area contributed by atoms with Gasteiger partial charge in [0.1, 0.15) is 11.6 Å². The zero-order chi connectivity index (χ0) is 13.3. The van der Waals surface area contributed by atoms with E-state index in [1.807, 2.05) is 0 Å². The van der Waals surface area contributed by atoms with Crippen molar-refractivity contribution in [2.45, 2.75) is 23.8 Å². The normalized spacial score (nSPS) is 14.6. The third-order valence-corrected chi connectivity index (χ3v) is 3.92. The van der Waals surface area contributed by atoms with Gasteiger partial charge < -0.3 is 10.6 Å². The number of benzene rings is 1. The Hall–Kier alpha value is -1.30. The molecule has 1 aliphatic carbocycles. The number of hydrogen-bond acceptors (Lipinski definition) is 3. The summed E-state index contributed by atoms with van der Waals surface area (Å²) in [6.45, 7) is 0. The van der Waals surface area contributed by atoms with Crippen LogP contribution in [0.4, 0.5) is 14.5 Å². The van der Waals surface area contributed by atoms with Crippen molar-refractivity contribution in [3.8, 4) is 0 Å². The van der Waals surface area contributed by atoms with Crippen molar-refractivity contribution in [2.24, 2.45) is 0 Å². The van der Waals surface area contributed by atoms with Crippen LogP contribution >= 0.6 is 11.8 Å². The summed E-state index contributed by atoms with van der Waals surface area (Å²) in [7, 11) is 1.72. The van der Waals surface area contributed by atoms with Crippen LogP contribution in [0, 0.1) is 11.6 Å². The molecule has 2 rings (SSSR count). The molecule has 18 heavy (non-hydrogen) atoms. The molecule has 0 unspecified atom stereocenters. The van der Waals surface area contributed by atoms with E-state index in [2.05, 4.69) is 0 Å². The standard InChI is InChI=1S/C12H14F2N2OS/c1-16(8-2-3-8)11(17)6-18-12-9(13)4-7(15)5-10(12)14/h4-5,8H,2-3,6,15H2,1H3. The lowest BCUT2D eigenvalue weighted by atomic mass is 10.3. The highest BCUT2D eigenvalue weighted by molar-refractivity contribution is 8.00. The van der Waals surface area contributed by atoms with Gasteiger partial charge in [-0.05, 0) is 25.0 Å². The lowest BCUT2D eigenvalue weighted by Gasteiger charge is -2.16. The van der Waals surface area contributed by atoms with E-state index in [1.54, 1.807) is 11.9 Å². The molecule has 0 aromatic heterocycles. The number of hydrogen-bond donors (Lipinski definition) is 1. The van der Waals surface area contributed by atoms with Gasteiger partial charge in [-0.3, -0.25) is 4.79 Å². The number of carbonyl (C=O) groups excluding carboxylic acids is 1. The first-order valence-corrected chi connectivity index (χ1v) is 6.60. The highest BCUT2D eigenvalue weighted by atomic mass is 32.2. The van der Waals surface area contributed by atoms with Gasteiger partial charge in [0, 0.05) is 18.8 Å². The van der Waals surface area contributed by atoms with Crippen molar-refractivity contribution < 1.29 is 13.6 Å². The van der Waals surface area contributed by atoms with E-state index in [0.717, 1.165) is 36.7 Å². The third kappa shape index (κ3) is 2.93. The molecular weight excluding hydrogens is 258 g/mol. The number of carbonyl (C=O) groups is 1. The number of nitrogens with two attached hydrogens (primary N) is 1. The molecule has 1 aromatic carbocycles. The molecule has 3 nitrogen and oxygen atoms in total. The smallest absolute Gasteiger partial charge is 0.232 e. The first kappa shape index (κ1) is 13.1. The van der Waals surface area contributed by atoms with Gasteiger partial charge in [0.15, 0.2) is 0 Å². The number of nitrogen functional groups attached to an aromatic ring is 1. The summed E-state index contributed by atoms with van der Waals surface area (Å²) in [5.74, 6) is -1.53. The van der Waals surface area contributed by atoms with Crippen LogP contribution in [0.25, 0.3) is 0 Å². The fourth-order valence-corrected chi connectivity index (χ4v) is 2.48. The number of thioether (sulfide) groups is 1. The molecule has 0 spiro atoms. The molecule has 0 heterocycles. The summed E-state index contributed by atoms with van der Waals surface area (Å²) in [6.07, 6.45) is 2.02. The van der Waals surface area contributed by atoms with Crippen LogP contribution in [0.15, 0.2) is 17.0 Å². The second kappa shape index (κ2) is 5.14. The van der Waals surface area contributed by atoms with Crippen LogP contribution in [0.2, 0.25) is 0 Å². The molecule has 1 aliphatic rings. The van der Waals surface area contributed by atoms with E-state index in [1.165, 1.54) is 0 Å². The van der Waals surface area contributed by atoms with E-state index in [9.17, 15) is 13.6 Å². The van der Waals surface area contributed by atoms with Gasteiger partial charge in [-0.25, -0.2) is 8.78 Å². The van der Waals surface area contributed by atoms with Crippen LogP contribution in [0.3, 0.4) is 0 Å². The predicted molar refractivity (Wildman–Crippen MR) is 67.3 cm³/mol. The maximum atomic E-state index is 13.5. The molecule has 0 atom stereocenters. The molecule has 0 aliphatic heterocycles. The van der Waals surface area contributed by atoms with Gasteiger partial charge >= 0.3 is 0 Å². The fourth-order valence-electron chi connectivity index (χ4n) is 1.62. The van der Waals surface area contributed by atoms with Crippen LogP contribution in [0.1, 0.15) is 12.8 Å². The Bertz CT molecular complexity index is 454. The second-order valence-electron chi connectivity index (χ2n) is 4.34.